The zero-order chi connectivity index (χ0) is 29.2. The number of rotatable bonds is 10. The van der Waals surface area contributed by atoms with Gasteiger partial charge in [0.25, 0.3) is 13.9 Å². The molecule has 2 unspecified atom stereocenters. The summed E-state index contributed by atoms with van der Waals surface area (Å²) in [5.41, 5.74) is 8.60. The smallest absolute Gasteiger partial charge is 0.330 e. The average molecular weight is 576 g/mol. The molecule has 11 heteroatoms. The van der Waals surface area contributed by atoms with Gasteiger partial charge in [-0.1, -0.05) is 86.5 Å². The van der Waals surface area contributed by atoms with E-state index in [0.29, 0.717) is 12.0 Å². The summed E-state index contributed by atoms with van der Waals surface area (Å²) in [7, 11) is -2.87. The van der Waals surface area contributed by atoms with E-state index >= 15 is 0 Å². The zero-order valence-electron chi connectivity index (χ0n) is 23.9. The number of aromatic amines is 1. The lowest BCUT2D eigenvalue weighted by Crippen LogP contribution is -2.67. The first-order chi connectivity index (χ1) is 19.6. The maximum atomic E-state index is 12.7. The van der Waals surface area contributed by atoms with E-state index in [0.717, 1.165) is 23.2 Å². The Labute approximate surface area is 240 Å². The molecule has 1 saturated heterocycles. The molecular formula is C30H37N5O5Si. The third-order valence-electron chi connectivity index (χ3n) is 8.02. The van der Waals surface area contributed by atoms with Gasteiger partial charge in [-0.05, 0) is 46.6 Å². The van der Waals surface area contributed by atoms with Crippen molar-refractivity contribution in [3.05, 3.63) is 104 Å². The Balaban J connectivity index is 1.51. The normalized spacial score (nSPS) is 21.8. The van der Waals surface area contributed by atoms with Crippen LogP contribution in [0.1, 0.15) is 51.8 Å². The number of ether oxygens (including phenoxy) is 2. The highest BCUT2D eigenvalue weighted by molar-refractivity contribution is 6.99. The average Bonchev–Trinajstić information content (AvgIpc) is 3.72. The molecule has 0 radical (unpaired) electrons. The van der Waals surface area contributed by atoms with Crippen LogP contribution in [0.3, 0.4) is 0 Å². The second-order valence-electron chi connectivity index (χ2n) is 11.9. The van der Waals surface area contributed by atoms with Crippen molar-refractivity contribution >= 4 is 18.7 Å². The highest BCUT2D eigenvalue weighted by Gasteiger charge is 2.51. The molecule has 1 saturated carbocycles. The van der Waals surface area contributed by atoms with E-state index in [9.17, 15) is 15.1 Å². The molecule has 41 heavy (non-hydrogen) atoms. The molecule has 1 aliphatic heterocycles. The van der Waals surface area contributed by atoms with Crippen LogP contribution < -0.4 is 21.6 Å². The predicted molar refractivity (Wildman–Crippen MR) is 159 cm³/mol. The predicted octanol–water partition coefficient (Wildman–Crippen LogP) is 4.14. The molecule has 2 heterocycles. The summed E-state index contributed by atoms with van der Waals surface area (Å²) in [6.07, 6.45) is 1.39. The second kappa shape index (κ2) is 11.8. The first-order valence-corrected chi connectivity index (χ1v) is 16.0. The summed E-state index contributed by atoms with van der Waals surface area (Å²) in [6, 6.07) is 20.7. The Hall–Kier alpha value is -3.47. The van der Waals surface area contributed by atoms with Gasteiger partial charge in [-0.15, -0.1) is 0 Å². The van der Waals surface area contributed by atoms with Gasteiger partial charge in [0.15, 0.2) is 0 Å². The van der Waals surface area contributed by atoms with Gasteiger partial charge in [0.2, 0.25) is 0 Å². The first-order valence-electron chi connectivity index (χ1n) is 14.1. The van der Waals surface area contributed by atoms with E-state index in [2.05, 4.69) is 60.0 Å². The van der Waals surface area contributed by atoms with Crippen LogP contribution in [-0.2, 0) is 13.9 Å². The van der Waals surface area contributed by atoms with Crippen LogP contribution in [0.15, 0.2) is 81.6 Å². The minimum atomic E-state index is -2.87. The maximum Gasteiger partial charge on any atom is 0.330 e. The lowest BCUT2D eigenvalue weighted by Gasteiger charge is -2.43. The third kappa shape index (κ3) is 5.95. The summed E-state index contributed by atoms with van der Waals surface area (Å²) in [4.78, 5) is 30.1. The SMILES string of the molecule is Cc1cn([C@H]2CC(OC(N=[N+]=[N-])C3CC3)[C@@H](CO[Si](c3ccccc3)(c3ccccc3)C(C)(C)C)O2)c(=O)[nH]c1=O. The highest BCUT2D eigenvalue weighted by Crippen LogP contribution is 2.41. The van der Waals surface area contributed by atoms with Crippen LogP contribution in [0.4, 0.5) is 0 Å². The standard InChI is InChI=1S/C30H37N5O5Si/c1-20-18-35(29(37)32-27(20)36)26-17-24(40-28(33-34-31)21-15-16-21)25(39-26)19-38-41(30(2,3)4,22-11-7-5-8-12-22)23-13-9-6-10-14-23/h5-14,18,21,24-26,28H,15-17,19H2,1-4H3,(H,32,36,37)/t24?,25-,26-,28?/m1/s1. The van der Waals surface area contributed by atoms with Gasteiger partial charge < -0.3 is 13.9 Å². The number of H-pyrrole nitrogens is 1. The monoisotopic (exact) mass is 575 g/mol. The van der Waals surface area contributed by atoms with Crippen LogP contribution in [0.5, 0.6) is 0 Å². The molecule has 1 N–H and O–H groups in total. The Morgan fingerprint density at radius 1 is 1.10 bits per heavy atom. The van der Waals surface area contributed by atoms with E-state index in [1.807, 2.05) is 36.4 Å². The van der Waals surface area contributed by atoms with Crippen molar-refractivity contribution in [1.82, 2.24) is 9.55 Å². The molecule has 2 aromatic carbocycles. The highest BCUT2D eigenvalue weighted by atomic mass is 28.4. The van der Waals surface area contributed by atoms with Crippen LogP contribution in [-0.4, -0.2) is 42.9 Å². The fraction of sp³-hybridized carbons (Fsp3) is 0.467. The summed E-state index contributed by atoms with van der Waals surface area (Å²) in [5.74, 6) is 0.168. The molecule has 1 aliphatic carbocycles. The van der Waals surface area contributed by atoms with Gasteiger partial charge in [-0.2, -0.15) is 0 Å². The van der Waals surface area contributed by atoms with E-state index < -0.39 is 44.2 Å². The molecule has 10 nitrogen and oxygen atoms in total. The number of nitrogens with one attached hydrogen (secondary N) is 1. The lowest BCUT2D eigenvalue weighted by atomic mass is 10.2. The van der Waals surface area contributed by atoms with Crippen molar-refractivity contribution in [2.75, 3.05) is 6.61 Å². The third-order valence-corrected chi connectivity index (χ3v) is 13.0. The maximum absolute atomic E-state index is 12.7. The largest absolute Gasteiger partial charge is 0.405 e. The molecule has 216 valence electrons. The lowest BCUT2D eigenvalue weighted by molar-refractivity contribution is -0.0826. The number of hydrogen-bond donors (Lipinski definition) is 1. The topological polar surface area (TPSA) is 131 Å². The van der Waals surface area contributed by atoms with Crippen LogP contribution >= 0.6 is 0 Å². The molecule has 4 atom stereocenters. The number of nitrogens with zero attached hydrogens (tertiary/aromatic N) is 4. The molecular weight excluding hydrogens is 538 g/mol. The van der Waals surface area contributed by atoms with Crippen molar-refractivity contribution < 1.29 is 13.9 Å². The second-order valence-corrected chi connectivity index (χ2v) is 16.2. The molecule has 0 spiro atoms. The van der Waals surface area contributed by atoms with Crippen molar-refractivity contribution in [2.24, 2.45) is 11.0 Å². The van der Waals surface area contributed by atoms with Crippen molar-refractivity contribution in [2.45, 2.75) is 76.7 Å². The van der Waals surface area contributed by atoms with Crippen molar-refractivity contribution in [3.8, 4) is 0 Å². The number of aryl methyl sites for hydroxylation is 1. The molecule has 5 rings (SSSR count). The van der Waals surface area contributed by atoms with Crippen LogP contribution in [0.2, 0.25) is 5.04 Å². The van der Waals surface area contributed by atoms with E-state index in [4.69, 9.17) is 13.9 Å². The van der Waals surface area contributed by atoms with Gasteiger partial charge in [-0.3, -0.25) is 14.3 Å². The Bertz CT molecular complexity index is 1470. The number of hydrogen-bond acceptors (Lipinski definition) is 6. The fourth-order valence-electron chi connectivity index (χ4n) is 5.78. The number of aromatic nitrogens is 2. The first kappa shape index (κ1) is 29.0. The summed E-state index contributed by atoms with van der Waals surface area (Å²) in [6.45, 7) is 8.47. The zero-order valence-corrected chi connectivity index (χ0v) is 24.9. The van der Waals surface area contributed by atoms with E-state index in [1.54, 1.807) is 6.92 Å². The van der Waals surface area contributed by atoms with Crippen LogP contribution in [0.25, 0.3) is 10.4 Å². The van der Waals surface area contributed by atoms with E-state index in [-0.39, 0.29) is 17.6 Å². The van der Waals surface area contributed by atoms with E-state index in [1.165, 1.54) is 10.8 Å². The van der Waals surface area contributed by atoms with Crippen molar-refractivity contribution in [1.29, 1.82) is 0 Å². The fourth-order valence-corrected chi connectivity index (χ4v) is 10.3. The Morgan fingerprint density at radius 2 is 1.71 bits per heavy atom. The van der Waals surface area contributed by atoms with Gasteiger partial charge in [0.1, 0.15) is 18.6 Å². The summed E-state index contributed by atoms with van der Waals surface area (Å²) in [5, 5.41) is 5.97. The molecule has 1 aromatic heterocycles. The quantitative estimate of drug-likeness (QED) is 0.168. The van der Waals surface area contributed by atoms with Gasteiger partial charge in [0, 0.05) is 23.1 Å². The number of azide groups is 1. The summed E-state index contributed by atoms with van der Waals surface area (Å²) < 4.78 is 21.4. The molecule has 0 amide bonds. The Kier molecular flexibility index (Phi) is 8.35. The van der Waals surface area contributed by atoms with Gasteiger partial charge in [-0.25, -0.2) is 4.79 Å². The molecule has 2 fully saturated rings. The van der Waals surface area contributed by atoms with Crippen LogP contribution in [0, 0.1) is 12.8 Å². The van der Waals surface area contributed by atoms with Crippen molar-refractivity contribution in [3.63, 3.8) is 0 Å². The Morgan fingerprint density at radius 3 is 2.24 bits per heavy atom. The van der Waals surface area contributed by atoms with Gasteiger partial charge in [0.05, 0.1) is 12.7 Å². The minimum Gasteiger partial charge on any atom is -0.405 e. The number of benzene rings is 2. The summed E-state index contributed by atoms with van der Waals surface area (Å²) >= 11 is 0. The molecule has 2 aliphatic rings. The van der Waals surface area contributed by atoms with Gasteiger partial charge >= 0.3 is 5.69 Å². The molecule has 0 bridgehead atoms. The molecule has 3 aromatic rings. The minimum absolute atomic E-state index is 0.168.